The fraction of sp³-hybridized carbons (Fsp3) is 0.400. The van der Waals surface area contributed by atoms with Crippen LogP contribution in [0.25, 0.3) is 0 Å². The Bertz CT molecular complexity index is 398. The lowest BCUT2D eigenvalue weighted by atomic mass is 10.3. The maximum Gasteiger partial charge on any atom is 0.271 e. The molecule has 1 rings (SSSR count). The van der Waals surface area contributed by atoms with E-state index in [0.29, 0.717) is 28.9 Å². The third-order valence-electron chi connectivity index (χ3n) is 1.87. The van der Waals surface area contributed by atoms with Gasteiger partial charge in [-0.3, -0.25) is 9.00 Å². The summed E-state index contributed by atoms with van der Waals surface area (Å²) in [7, 11) is -0.805. The highest BCUT2D eigenvalue weighted by molar-refractivity contribution is 9.10. The lowest BCUT2D eigenvalue weighted by molar-refractivity contribution is 0.0948. The van der Waals surface area contributed by atoms with Crippen molar-refractivity contribution >= 4 is 32.6 Å². The molecule has 0 bridgehead atoms. The lowest BCUT2D eigenvalue weighted by Crippen LogP contribution is -2.26. The van der Waals surface area contributed by atoms with Crippen LogP contribution in [0.1, 0.15) is 16.9 Å². The second-order valence-electron chi connectivity index (χ2n) is 3.22. The molecule has 0 aromatic carbocycles. The zero-order valence-electron chi connectivity index (χ0n) is 8.90. The number of hydrogen-bond donors (Lipinski definition) is 1. The van der Waals surface area contributed by atoms with Gasteiger partial charge in [0, 0.05) is 40.0 Å². The number of aromatic nitrogens is 1. The third kappa shape index (κ3) is 4.40. The van der Waals surface area contributed by atoms with E-state index < -0.39 is 10.8 Å². The van der Waals surface area contributed by atoms with E-state index in [0.717, 1.165) is 0 Å². The number of nitrogens with one attached hydrogen (secondary N) is 1. The zero-order chi connectivity index (χ0) is 12.0. The molecule has 88 valence electrons. The van der Waals surface area contributed by atoms with Crippen LogP contribution in [0.2, 0.25) is 0 Å². The number of halogens is 1. The van der Waals surface area contributed by atoms with Crippen molar-refractivity contribution in [2.24, 2.45) is 0 Å². The van der Waals surface area contributed by atoms with Crippen molar-refractivity contribution in [2.75, 3.05) is 18.6 Å². The maximum absolute atomic E-state index is 11.6. The topological polar surface area (TPSA) is 59.1 Å². The largest absolute Gasteiger partial charge is 0.351 e. The molecule has 0 aliphatic rings. The predicted molar refractivity (Wildman–Crippen MR) is 67.8 cm³/mol. The summed E-state index contributed by atoms with van der Waals surface area (Å²) in [6.45, 7) is 0.515. The number of nitrogens with zero attached hydrogens (tertiary/aromatic N) is 1. The van der Waals surface area contributed by atoms with Gasteiger partial charge in [0.25, 0.3) is 5.91 Å². The summed E-state index contributed by atoms with van der Waals surface area (Å²) in [6, 6.07) is 3.52. The van der Waals surface area contributed by atoms with Crippen LogP contribution in [-0.2, 0) is 10.8 Å². The molecule has 6 heteroatoms. The van der Waals surface area contributed by atoms with Gasteiger partial charge in [0.15, 0.2) is 0 Å². The van der Waals surface area contributed by atoms with Crippen LogP contribution in [0.3, 0.4) is 0 Å². The van der Waals surface area contributed by atoms with Crippen molar-refractivity contribution in [2.45, 2.75) is 6.42 Å². The molecular formula is C10H13BrN2O2S. The van der Waals surface area contributed by atoms with Crippen molar-refractivity contribution < 1.29 is 9.00 Å². The van der Waals surface area contributed by atoms with Crippen LogP contribution in [0.15, 0.2) is 22.8 Å². The minimum Gasteiger partial charge on any atom is -0.351 e. The fourth-order valence-corrected chi connectivity index (χ4v) is 2.10. The Balaban J connectivity index is 2.41. The number of carbonyl (C=O) groups is 1. The third-order valence-corrected chi connectivity index (χ3v) is 3.37. The van der Waals surface area contributed by atoms with E-state index in [1.807, 2.05) is 0 Å². The first-order valence-electron chi connectivity index (χ1n) is 4.80. The van der Waals surface area contributed by atoms with Crippen molar-refractivity contribution in [1.82, 2.24) is 10.3 Å². The molecule has 1 heterocycles. The molecule has 0 saturated carbocycles. The fourth-order valence-electron chi connectivity index (χ4n) is 1.11. The molecule has 0 fully saturated rings. The molecular weight excluding hydrogens is 292 g/mol. The van der Waals surface area contributed by atoms with Gasteiger partial charge in [0.05, 0.1) is 0 Å². The Kier molecular flexibility index (Phi) is 5.62. The van der Waals surface area contributed by atoms with Crippen LogP contribution >= 0.6 is 15.9 Å². The minimum atomic E-state index is -0.805. The number of hydrogen-bond acceptors (Lipinski definition) is 3. The number of carbonyl (C=O) groups excluding carboxylic acids is 1. The summed E-state index contributed by atoms with van der Waals surface area (Å²) in [5.41, 5.74) is 0.375. The lowest BCUT2D eigenvalue weighted by Gasteiger charge is -2.04. The molecule has 0 aliphatic carbocycles. The summed E-state index contributed by atoms with van der Waals surface area (Å²) < 4.78 is 11.5. The summed E-state index contributed by atoms with van der Waals surface area (Å²) in [6.07, 6.45) is 3.93. The molecule has 0 radical (unpaired) electrons. The van der Waals surface area contributed by atoms with Crippen molar-refractivity contribution in [1.29, 1.82) is 0 Å². The van der Waals surface area contributed by atoms with Crippen LogP contribution in [0.5, 0.6) is 0 Å². The molecule has 0 aliphatic heterocycles. The number of amides is 1. The van der Waals surface area contributed by atoms with E-state index in [4.69, 9.17) is 0 Å². The normalized spacial score (nSPS) is 12.1. The number of rotatable bonds is 5. The van der Waals surface area contributed by atoms with Crippen LogP contribution in [0.4, 0.5) is 0 Å². The van der Waals surface area contributed by atoms with Gasteiger partial charge in [-0.15, -0.1) is 0 Å². The molecule has 1 aromatic rings. The molecule has 0 saturated heterocycles. The number of pyridine rings is 1. The van der Waals surface area contributed by atoms with Gasteiger partial charge in [-0.1, -0.05) is 0 Å². The first kappa shape index (κ1) is 13.3. The van der Waals surface area contributed by atoms with E-state index in [9.17, 15) is 9.00 Å². The Morgan fingerprint density at radius 2 is 2.38 bits per heavy atom. The second-order valence-corrected chi connectivity index (χ2v) is 5.63. The average Bonchev–Trinajstić information content (AvgIpc) is 2.24. The van der Waals surface area contributed by atoms with Crippen molar-refractivity contribution in [3.05, 3.63) is 28.5 Å². The predicted octanol–water partition coefficient (Wildman–Crippen LogP) is 1.34. The molecule has 16 heavy (non-hydrogen) atoms. The summed E-state index contributed by atoms with van der Waals surface area (Å²) in [4.78, 5) is 15.6. The molecule has 1 atom stereocenters. The Morgan fingerprint density at radius 3 is 3.00 bits per heavy atom. The van der Waals surface area contributed by atoms with Crippen LogP contribution in [-0.4, -0.2) is 33.7 Å². The van der Waals surface area contributed by atoms with E-state index in [-0.39, 0.29) is 5.91 Å². The van der Waals surface area contributed by atoms with Gasteiger partial charge in [0.2, 0.25) is 0 Å². The monoisotopic (exact) mass is 304 g/mol. The van der Waals surface area contributed by atoms with Gasteiger partial charge in [-0.2, -0.15) is 0 Å². The van der Waals surface area contributed by atoms with Gasteiger partial charge in [-0.25, -0.2) is 4.98 Å². The summed E-state index contributed by atoms with van der Waals surface area (Å²) >= 11 is 3.26. The highest BCUT2D eigenvalue weighted by Gasteiger charge is 2.09. The highest BCUT2D eigenvalue weighted by Crippen LogP contribution is 2.12. The quantitative estimate of drug-likeness (QED) is 0.835. The van der Waals surface area contributed by atoms with Gasteiger partial charge in [0.1, 0.15) is 5.69 Å². The molecule has 4 nitrogen and oxygen atoms in total. The van der Waals surface area contributed by atoms with Crippen molar-refractivity contribution in [3.8, 4) is 0 Å². The van der Waals surface area contributed by atoms with Gasteiger partial charge < -0.3 is 5.32 Å². The van der Waals surface area contributed by atoms with Crippen LogP contribution < -0.4 is 5.32 Å². The minimum absolute atomic E-state index is 0.214. The molecule has 1 aromatic heterocycles. The highest BCUT2D eigenvalue weighted by atomic mass is 79.9. The molecule has 0 spiro atoms. The summed E-state index contributed by atoms with van der Waals surface area (Å²) in [5.74, 6) is 0.387. The SMILES string of the molecule is CS(=O)CCCNC(=O)c1ncccc1Br. The van der Waals surface area contributed by atoms with Gasteiger partial charge >= 0.3 is 0 Å². The Labute approximate surface area is 105 Å². The second kappa shape index (κ2) is 6.75. The first-order valence-corrected chi connectivity index (χ1v) is 7.32. The maximum atomic E-state index is 11.6. The first-order chi connectivity index (χ1) is 7.61. The smallest absolute Gasteiger partial charge is 0.271 e. The van der Waals surface area contributed by atoms with Crippen LogP contribution in [0, 0.1) is 0 Å². The van der Waals surface area contributed by atoms with E-state index in [1.54, 1.807) is 24.6 Å². The average molecular weight is 305 g/mol. The van der Waals surface area contributed by atoms with Gasteiger partial charge in [-0.05, 0) is 34.5 Å². The standard InChI is InChI=1S/C10H13BrN2O2S/c1-16(15)7-3-6-13-10(14)9-8(11)4-2-5-12-9/h2,4-5H,3,6-7H2,1H3,(H,13,14). The molecule has 1 amide bonds. The van der Waals surface area contributed by atoms with E-state index in [1.165, 1.54) is 0 Å². The summed E-state index contributed by atoms with van der Waals surface area (Å²) in [5, 5.41) is 2.73. The van der Waals surface area contributed by atoms with Crippen molar-refractivity contribution in [3.63, 3.8) is 0 Å². The molecule has 1 unspecified atom stereocenters. The van der Waals surface area contributed by atoms with E-state index in [2.05, 4.69) is 26.2 Å². The molecule has 1 N–H and O–H groups in total. The zero-order valence-corrected chi connectivity index (χ0v) is 11.3. The Morgan fingerprint density at radius 1 is 1.62 bits per heavy atom. The van der Waals surface area contributed by atoms with E-state index >= 15 is 0 Å². The Hall–Kier alpha value is -0.750.